The van der Waals surface area contributed by atoms with Gasteiger partial charge in [0.2, 0.25) is 10.0 Å². The lowest BCUT2D eigenvalue weighted by molar-refractivity contribution is 0.0925. The number of nitrogens with one attached hydrogen (secondary N) is 1. The molecule has 1 aromatic carbocycles. The lowest BCUT2D eigenvalue weighted by Gasteiger charge is -2.29. The van der Waals surface area contributed by atoms with Crippen molar-refractivity contribution in [1.82, 2.24) is 9.62 Å². The summed E-state index contributed by atoms with van der Waals surface area (Å²) in [5, 5.41) is 3.54. The van der Waals surface area contributed by atoms with Crippen LogP contribution in [0.3, 0.4) is 0 Å². The number of carbonyl (C=O) groups excluding carboxylic acids is 1. The number of amides is 1. The predicted octanol–water partition coefficient (Wildman–Crippen LogP) is 3.94. The van der Waals surface area contributed by atoms with Gasteiger partial charge in [0.25, 0.3) is 5.91 Å². The molecule has 1 aliphatic heterocycles. The molecule has 0 saturated carbocycles. The molecule has 0 unspecified atom stereocenters. The Bertz CT molecular complexity index is 954. The molecule has 1 N–H and O–H groups in total. The molecule has 2 aromatic rings. The Labute approximate surface area is 167 Å². The first-order valence-corrected chi connectivity index (χ1v) is 11.5. The van der Waals surface area contributed by atoms with Gasteiger partial charge >= 0.3 is 0 Å². The van der Waals surface area contributed by atoms with Gasteiger partial charge in [0, 0.05) is 30.6 Å². The number of furan rings is 1. The van der Waals surface area contributed by atoms with Crippen LogP contribution in [-0.2, 0) is 10.0 Å². The van der Waals surface area contributed by atoms with Crippen LogP contribution in [0.25, 0.3) is 11.0 Å². The summed E-state index contributed by atoms with van der Waals surface area (Å²) in [6, 6.07) is 4.85. The van der Waals surface area contributed by atoms with Crippen molar-refractivity contribution in [1.29, 1.82) is 0 Å². The van der Waals surface area contributed by atoms with Crippen LogP contribution in [0.5, 0.6) is 0 Å². The molecule has 3 rings (SSSR count). The summed E-state index contributed by atoms with van der Waals surface area (Å²) in [5.74, 6) is 1.05. The summed E-state index contributed by atoms with van der Waals surface area (Å²) < 4.78 is 33.3. The van der Waals surface area contributed by atoms with E-state index in [2.05, 4.69) is 26.1 Å². The molecule has 2 heterocycles. The molecule has 1 aromatic heterocycles. The number of nitrogens with zero attached hydrogens (tertiary/aromatic N) is 1. The maximum atomic E-state index is 13.0. The van der Waals surface area contributed by atoms with Gasteiger partial charge in [-0.05, 0) is 56.2 Å². The molecule has 0 radical (unpaired) electrons. The van der Waals surface area contributed by atoms with E-state index in [1.54, 1.807) is 29.4 Å². The molecule has 0 aliphatic carbocycles. The van der Waals surface area contributed by atoms with Gasteiger partial charge in [0.05, 0.1) is 4.90 Å². The normalized spacial score (nSPS) is 16.8. The van der Waals surface area contributed by atoms with Gasteiger partial charge in [-0.3, -0.25) is 4.79 Å². The molecule has 154 valence electrons. The van der Waals surface area contributed by atoms with E-state index in [1.807, 2.05) is 0 Å². The van der Waals surface area contributed by atoms with Gasteiger partial charge in [0.1, 0.15) is 5.58 Å². The fourth-order valence-corrected chi connectivity index (χ4v) is 5.00. The van der Waals surface area contributed by atoms with Gasteiger partial charge in [-0.1, -0.05) is 20.8 Å². The highest BCUT2D eigenvalue weighted by atomic mass is 32.2. The minimum Gasteiger partial charge on any atom is -0.451 e. The second kappa shape index (κ2) is 8.25. The molecule has 1 aliphatic rings. The van der Waals surface area contributed by atoms with Crippen LogP contribution in [0, 0.1) is 18.8 Å². The third kappa shape index (κ3) is 4.25. The topological polar surface area (TPSA) is 79.6 Å². The van der Waals surface area contributed by atoms with E-state index in [0.717, 1.165) is 19.3 Å². The molecule has 1 fully saturated rings. The monoisotopic (exact) mass is 406 g/mol. The number of rotatable bonds is 6. The summed E-state index contributed by atoms with van der Waals surface area (Å²) in [6.45, 7) is 9.83. The highest BCUT2D eigenvalue weighted by Gasteiger charge is 2.29. The summed E-state index contributed by atoms with van der Waals surface area (Å²) in [6.07, 6.45) is 2.65. The number of hydrogen-bond donors (Lipinski definition) is 1. The molecule has 1 saturated heterocycles. The van der Waals surface area contributed by atoms with Gasteiger partial charge in [-0.15, -0.1) is 0 Å². The quantitative estimate of drug-likeness (QED) is 0.788. The second-order valence-electron chi connectivity index (χ2n) is 8.24. The minimum absolute atomic E-state index is 0.250. The van der Waals surface area contributed by atoms with Crippen LogP contribution in [-0.4, -0.2) is 38.3 Å². The average Bonchev–Trinajstić information content (AvgIpc) is 2.98. The highest BCUT2D eigenvalue weighted by molar-refractivity contribution is 7.89. The zero-order valence-electron chi connectivity index (χ0n) is 17.1. The highest BCUT2D eigenvalue weighted by Crippen LogP contribution is 2.30. The molecule has 0 bridgehead atoms. The number of benzene rings is 1. The number of carbonyl (C=O) groups is 1. The first kappa shape index (κ1) is 20.9. The van der Waals surface area contributed by atoms with Crippen molar-refractivity contribution >= 4 is 26.9 Å². The van der Waals surface area contributed by atoms with Gasteiger partial charge in [-0.25, -0.2) is 8.42 Å². The first-order valence-electron chi connectivity index (χ1n) is 10.0. The molecular formula is C21H30N2O4S. The third-order valence-electron chi connectivity index (χ3n) is 5.50. The van der Waals surface area contributed by atoms with Crippen LogP contribution in [0.1, 0.15) is 56.2 Å². The SMILES string of the molecule is Cc1c(C(=O)NCCC(C)C)oc2ccc(S(=O)(=O)N3CCC(C)CC3)cc12. The van der Waals surface area contributed by atoms with E-state index < -0.39 is 10.0 Å². The zero-order chi connectivity index (χ0) is 20.5. The standard InChI is InChI=1S/C21H30N2O4S/c1-14(2)7-10-22-21(24)20-16(4)18-13-17(5-6-19(18)27-20)28(25,26)23-11-8-15(3)9-12-23/h5-6,13-15H,7-12H2,1-4H3,(H,22,24). The first-order chi connectivity index (χ1) is 13.2. The smallest absolute Gasteiger partial charge is 0.287 e. The van der Waals surface area contributed by atoms with Crippen LogP contribution in [0.4, 0.5) is 0 Å². The molecule has 28 heavy (non-hydrogen) atoms. The van der Waals surface area contributed by atoms with E-state index in [9.17, 15) is 13.2 Å². The van der Waals surface area contributed by atoms with E-state index in [-0.39, 0.29) is 16.6 Å². The van der Waals surface area contributed by atoms with E-state index in [4.69, 9.17) is 4.42 Å². The number of hydrogen-bond acceptors (Lipinski definition) is 4. The Balaban J connectivity index is 1.85. The Morgan fingerprint density at radius 3 is 2.61 bits per heavy atom. The van der Waals surface area contributed by atoms with E-state index >= 15 is 0 Å². The largest absolute Gasteiger partial charge is 0.451 e. The number of sulfonamides is 1. The summed E-state index contributed by atoms with van der Waals surface area (Å²) in [7, 11) is -3.54. The van der Waals surface area contributed by atoms with Crippen molar-refractivity contribution in [3.63, 3.8) is 0 Å². The predicted molar refractivity (Wildman–Crippen MR) is 110 cm³/mol. The Morgan fingerprint density at radius 1 is 1.29 bits per heavy atom. The molecular weight excluding hydrogens is 376 g/mol. The maximum Gasteiger partial charge on any atom is 0.287 e. The van der Waals surface area contributed by atoms with Crippen molar-refractivity contribution in [2.24, 2.45) is 11.8 Å². The van der Waals surface area contributed by atoms with Crippen molar-refractivity contribution < 1.29 is 17.6 Å². The Kier molecular flexibility index (Phi) is 6.15. The summed E-state index contributed by atoms with van der Waals surface area (Å²) in [4.78, 5) is 12.7. The maximum absolute atomic E-state index is 13.0. The molecule has 1 amide bonds. The lowest BCUT2D eigenvalue weighted by atomic mass is 10.0. The van der Waals surface area contributed by atoms with Crippen LogP contribution in [0.2, 0.25) is 0 Å². The number of fused-ring (bicyclic) bond motifs is 1. The van der Waals surface area contributed by atoms with Crippen molar-refractivity contribution in [2.45, 2.75) is 51.9 Å². The van der Waals surface area contributed by atoms with Crippen molar-refractivity contribution in [2.75, 3.05) is 19.6 Å². The molecule has 0 atom stereocenters. The Hall–Kier alpha value is -1.86. The lowest BCUT2D eigenvalue weighted by Crippen LogP contribution is -2.37. The van der Waals surface area contributed by atoms with E-state index in [0.29, 0.717) is 48.0 Å². The fraction of sp³-hybridized carbons (Fsp3) is 0.571. The van der Waals surface area contributed by atoms with Gasteiger partial charge < -0.3 is 9.73 Å². The second-order valence-corrected chi connectivity index (χ2v) is 10.2. The van der Waals surface area contributed by atoms with Crippen LogP contribution in [0.15, 0.2) is 27.5 Å². The third-order valence-corrected chi connectivity index (χ3v) is 7.40. The molecule has 0 spiro atoms. The van der Waals surface area contributed by atoms with Gasteiger partial charge in [-0.2, -0.15) is 4.31 Å². The van der Waals surface area contributed by atoms with Crippen molar-refractivity contribution in [3.8, 4) is 0 Å². The zero-order valence-corrected chi connectivity index (χ0v) is 17.9. The fourth-order valence-electron chi connectivity index (χ4n) is 3.51. The average molecular weight is 407 g/mol. The minimum atomic E-state index is -3.54. The molecule has 6 nitrogen and oxygen atoms in total. The van der Waals surface area contributed by atoms with Gasteiger partial charge in [0.15, 0.2) is 5.76 Å². The van der Waals surface area contributed by atoms with E-state index in [1.165, 1.54) is 0 Å². The molecule has 7 heteroatoms. The van der Waals surface area contributed by atoms with Crippen LogP contribution < -0.4 is 5.32 Å². The number of aryl methyl sites for hydroxylation is 1. The van der Waals surface area contributed by atoms with Crippen LogP contribution >= 0.6 is 0 Å². The summed E-state index contributed by atoms with van der Waals surface area (Å²) in [5.41, 5.74) is 1.19. The Morgan fingerprint density at radius 2 is 1.96 bits per heavy atom. The summed E-state index contributed by atoms with van der Waals surface area (Å²) >= 11 is 0. The number of piperidine rings is 1. The van der Waals surface area contributed by atoms with Crippen molar-refractivity contribution in [3.05, 3.63) is 29.5 Å².